The summed E-state index contributed by atoms with van der Waals surface area (Å²) in [5, 5.41) is 11.7. The molecule has 0 bridgehead atoms. The number of rotatable bonds is 7. The van der Waals surface area contributed by atoms with E-state index in [0.29, 0.717) is 40.6 Å². The monoisotopic (exact) mass is 348 g/mol. The molecule has 0 aliphatic rings. The van der Waals surface area contributed by atoms with Crippen LogP contribution in [0.15, 0.2) is 29.3 Å². The molecule has 0 radical (unpaired) electrons. The fourth-order valence-electron chi connectivity index (χ4n) is 2.73. The van der Waals surface area contributed by atoms with E-state index in [1.165, 1.54) is 13.3 Å². The van der Waals surface area contributed by atoms with Crippen molar-refractivity contribution in [3.8, 4) is 17.2 Å². The lowest BCUT2D eigenvalue weighted by molar-refractivity contribution is -0.607. The molecular weight excluding hydrogens is 324 g/mol. The molecule has 0 N–H and O–H groups in total. The van der Waals surface area contributed by atoms with E-state index in [1.54, 1.807) is 18.8 Å². The van der Waals surface area contributed by atoms with E-state index >= 15 is 0 Å². The van der Waals surface area contributed by atoms with Crippen LogP contribution in [0.5, 0.6) is 17.2 Å². The highest BCUT2D eigenvalue weighted by Crippen LogP contribution is 2.38. The second-order valence-corrected chi connectivity index (χ2v) is 6.16. The van der Waals surface area contributed by atoms with Crippen molar-refractivity contribution in [1.82, 2.24) is 4.57 Å². The van der Waals surface area contributed by atoms with E-state index in [1.807, 2.05) is 26.0 Å². The number of methoxy groups -OCH3 is 3. The van der Waals surface area contributed by atoms with Crippen molar-refractivity contribution in [2.75, 3.05) is 21.3 Å². The molecule has 0 fully saturated rings. The van der Waals surface area contributed by atoms with Crippen molar-refractivity contribution in [2.45, 2.75) is 26.8 Å². The number of hydrogen-bond acceptors (Lipinski definition) is 5. The standard InChI is InChI=1S/C18H24N2O5/c1-12(2)9-20-14(10-19(22)11-17(20)21)6-13-7-15(23-3)18(25-5)16(8-13)24-4/h7-8,10-12H,6,9H2,1-5H3. The molecule has 2 aromatic rings. The van der Waals surface area contributed by atoms with Gasteiger partial charge in [0.1, 0.15) is 0 Å². The van der Waals surface area contributed by atoms with Crippen LogP contribution in [-0.4, -0.2) is 25.9 Å². The first-order chi connectivity index (χ1) is 11.9. The molecule has 0 saturated carbocycles. The third kappa shape index (κ3) is 4.23. The first kappa shape index (κ1) is 18.6. The molecule has 0 spiro atoms. The zero-order valence-corrected chi connectivity index (χ0v) is 15.2. The Balaban J connectivity index is 2.51. The van der Waals surface area contributed by atoms with Crippen LogP contribution in [0.4, 0.5) is 0 Å². The number of benzene rings is 1. The highest BCUT2D eigenvalue weighted by Gasteiger charge is 2.16. The first-order valence-corrected chi connectivity index (χ1v) is 8.01. The van der Waals surface area contributed by atoms with Gasteiger partial charge in [-0.15, -0.1) is 0 Å². The Bertz CT molecular complexity index is 774. The maximum absolute atomic E-state index is 12.2. The smallest absolute Gasteiger partial charge is 0.316 e. The maximum Gasteiger partial charge on any atom is 0.316 e. The van der Waals surface area contributed by atoms with Crippen molar-refractivity contribution in [3.05, 3.63) is 51.3 Å². The van der Waals surface area contributed by atoms with Gasteiger partial charge < -0.3 is 24.0 Å². The Morgan fingerprint density at radius 2 is 1.68 bits per heavy atom. The average molecular weight is 348 g/mol. The SMILES string of the molecule is COc1cc(Cc2c[n+]([O-])cc(=O)n2CC(C)C)cc(OC)c1OC. The quantitative estimate of drug-likeness (QED) is 0.563. The molecule has 1 heterocycles. The predicted octanol–water partition coefficient (Wildman–Crippen LogP) is 1.75. The summed E-state index contributed by atoms with van der Waals surface area (Å²) in [4.78, 5) is 12.2. The maximum atomic E-state index is 12.2. The van der Waals surface area contributed by atoms with Crippen LogP contribution < -0.4 is 24.5 Å². The van der Waals surface area contributed by atoms with Crippen molar-refractivity contribution in [3.63, 3.8) is 0 Å². The molecule has 25 heavy (non-hydrogen) atoms. The Morgan fingerprint density at radius 3 is 2.16 bits per heavy atom. The number of hydrogen-bond donors (Lipinski definition) is 0. The van der Waals surface area contributed by atoms with Crippen molar-refractivity contribution < 1.29 is 18.9 Å². The number of ether oxygens (including phenoxy) is 3. The second kappa shape index (κ2) is 7.92. The summed E-state index contributed by atoms with van der Waals surface area (Å²) in [5.74, 6) is 1.83. The topological polar surface area (TPSA) is 76.6 Å². The van der Waals surface area contributed by atoms with E-state index in [2.05, 4.69) is 0 Å². The van der Waals surface area contributed by atoms with E-state index in [-0.39, 0.29) is 11.5 Å². The molecule has 0 aliphatic heterocycles. The van der Waals surface area contributed by atoms with Gasteiger partial charge in [-0.25, -0.2) is 0 Å². The summed E-state index contributed by atoms with van der Waals surface area (Å²) < 4.78 is 18.2. The molecular formula is C18H24N2O5. The van der Waals surface area contributed by atoms with Gasteiger partial charge in [-0.05, 0) is 23.6 Å². The summed E-state index contributed by atoms with van der Waals surface area (Å²) in [6, 6.07) is 3.63. The lowest BCUT2D eigenvalue weighted by Crippen LogP contribution is -2.38. The molecule has 0 unspecified atom stereocenters. The molecule has 1 aromatic heterocycles. The van der Waals surface area contributed by atoms with Gasteiger partial charge in [0.25, 0.3) is 0 Å². The van der Waals surface area contributed by atoms with Crippen LogP contribution in [0.25, 0.3) is 0 Å². The average Bonchev–Trinajstić information content (AvgIpc) is 2.56. The normalized spacial score (nSPS) is 10.8. The summed E-state index contributed by atoms with van der Waals surface area (Å²) in [6.45, 7) is 4.58. The second-order valence-electron chi connectivity index (χ2n) is 6.16. The molecule has 2 rings (SSSR count). The van der Waals surface area contributed by atoms with Crippen LogP contribution in [0, 0.1) is 11.1 Å². The van der Waals surface area contributed by atoms with Crippen molar-refractivity contribution >= 4 is 0 Å². The van der Waals surface area contributed by atoms with Gasteiger partial charge >= 0.3 is 5.56 Å². The Hall–Kier alpha value is -2.70. The van der Waals surface area contributed by atoms with E-state index < -0.39 is 0 Å². The highest BCUT2D eigenvalue weighted by molar-refractivity contribution is 5.54. The third-order valence-corrected chi connectivity index (χ3v) is 3.78. The molecule has 7 nitrogen and oxygen atoms in total. The van der Waals surface area contributed by atoms with E-state index in [9.17, 15) is 10.0 Å². The van der Waals surface area contributed by atoms with Crippen molar-refractivity contribution in [1.29, 1.82) is 0 Å². The van der Waals surface area contributed by atoms with Crippen LogP contribution in [0.3, 0.4) is 0 Å². The lowest BCUT2D eigenvalue weighted by Gasteiger charge is -2.16. The first-order valence-electron chi connectivity index (χ1n) is 8.01. The summed E-state index contributed by atoms with van der Waals surface area (Å²) in [6.07, 6.45) is 2.86. The summed E-state index contributed by atoms with van der Waals surface area (Å²) in [7, 11) is 4.63. The zero-order chi connectivity index (χ0) is 18.6. The van der Waals surface area contributed by atoms with Crippen LogP contribution in [0.2, 0.25) is 0 Å². The minimum absolute atomic E-state index is 0.277. The van der Waals surface area contributed by atoms with E-state index in [0.717, 1.165) is 11.8 Å². The van der Waals surface area contributed by atoms with Crippen LogP contribution >= 0.6 is 0 Å². The van der Waals surface area contributed by atoms with Gasteiger partial charge in [-0.1, -0.05) is 13.8 Å². The molecule has 0 aliphatic carbocycles. The Morgan fingerprint density at radius 1 is 1.08 bits per heavy atom. The number of nitrogens with zero attached hydrogens (tertiary/aromatic N) is 2. The molecule has 0 amide bonds. The molecule has 0 saturated heterocycles. The summed E-state index contributed by atoms with van der Waals surface area (Å²) >= 11 is 0. The van der Waals surface area contributed by atoms with Gasteiger partial charge in [-0.2, -0.15) is 4.73 Å². The molecule has 1 aromatic carbocycles. The molecule has 136 valence electrons. The predicted molar refractivity (Wildman–Crippen MR) is 93.4 cm³/mol. The van der Waals surface area contributed by atoms with Crippen molar-refractivity contribution in [2.24, 2.45) is 5.92 Å². The third-order valence-electron chi connectivity index (χ3n) is 3.78. The van der Waals surface area contributed by atoms with Crippen LogP contribution in [0.1, 0.15) is 25.1 Å². The fraction of sp³-hybridized carbons (Fsp3) is 0.444. The molecule has 0 atom stereocenters. The van der Waals surface area contributed by atoms with Gasteiger partial charge in [0.15, 0.2) is 17.7 Å². The van der Waals surface area contributed by atoms with Gasteiger partial charge in [0, 0.05) is 13.0 Å². The van der Waals surface area contributed by atoms with Crippen LogP contribution in [-0.2, 0) is 13.0 Å². The Kier molecular flexibility index (Phi) is 5.90. The Labute approximate surface area is 147 Å². The van der Waals surface area contributed by atoms with Gasteiger partial charge in [-0.3, -0.25) is 4.79 Å². The summed E-state index contributed by atoms with van der Waals surface area (Å²) in [5.41, 5.74) is 1.16. The zero-order valence-electron chi connectivity index (χ0n) is 15.2. The largest absolute Gasteiger partial charge is 0.619 e. The highest BCUT2D eigenvalue weighted by atomic mass is 16.5. The lowest BCUT2D eigenvalue weighted by atomic mass is 10.1. The van der Waals surface area contributed by atoms with Gasteiger partial charge in [0.2, 0.25) is 11.9 Å². The minimum Gasteiger partial charge on any atom is -0.619 e. The van der Waals surface area contributed by atoms with Gasteiger partial charge in [0.05, 0.1) is 27.0 Å². The number of aromatic nitrogens is 2. The van der Waals surface area contributed by atoms with E-state index in [4.69, 9.17) is 14.2 Å². The minimum atomic E-state index is -0.311. The fourth-order valence-corrected chi connectivity index (χ4v) is 2.73. The molecule has 7 heteroatoms.